The molecule has 15 heavy (non-hydrogen) atoms. The van der Waals surface area contributed by atoms with Crippen molar-refractivity contribution in [1.29, 1.82) is 0 Å². The summed E-state index contributed by atoms with van der Waals surface area (Å²) in [7, 11) is 0. The van der Waals surface area contributed by atoms with Gasteiger partial charge >= 0.3 is 0 Å². The lowest BCUT2D eigenvalue weighted by molar-refractivity contribution is -0.121. The van der Waals surface area contributed by atoms with Gasteiger partial charge in [0.1, 0.15) is 0 Å². The van der Waals surface area contributed by atoms with Gasteiger partial charge in [0.25, 0.3) is 0 Å². The first-order chi connectivity index (χ1) is 6.46. The summed E-state index contributed by atoms with van der Waals surface area (Å²) in [5, 5.41) is 0. The third-order valence-electron chi connectivity index (χ3n) is 1.91. The van der Waals surface area contributed by atoms with Crippen LogP contribution in [0, 0.1) is 0 Å². The van der Waals surface area contributed by atoms with Crippen LogP contribution in [0.4, 0.5) is 0 Å². The van der Waals surface area contributed by atoms with Gasteiger partial charge in [-0.3, -0.25) is 14.6 Å². The quantitative estimate of drug-likeness (QED) is 0.558. The largest absolute Gasteiger partial charge is 0.368 e. The van der Waals surface area contributed by atoms with Crippen molar-refractivity contribution in [3.63, 3.8) is 0 Å². The summed E-state index contributed by atoms with van der Waals surface area (Å²) in [6, 6.07) is 3.12. The van der Waals surface area contributed by atoms with E-state index in [1.165, 1.54) is 25.4 Å². The Morgan fingerprint density at radius 1 is 1.47 bits per heavy atom. The molecule has 5 nitrogen and oxygen atoms in total. The summed E-state index contributed by atoms with van der Waals surface area (Å²) in [6.07, 6.45) is 2.87. The van der Waals surface area contributed by atoms with Crippen molar-refractivity contribution in [3.8, 4) is 0 Å². The number of carbonyl (C=O) groups is 2. The standard InChI is InChI=1S/C9H11N3O2.ClH/c1-9(11,8(10)14)7(13)6-3-2-4-12-5-6;/h2-5H,11H2,1H3,(H2,10,14);1H/t9-;/m1./s1. The van der Waals surface area contributed by atoms with E-state index in [1.807, 2.05) is 0 Å². The second-order valence-corrected chi connectivity index (χ2v) is 3.14. The van der Waals surface area contributed by atoms with Crippen LogP contribution in [0.1, 0.15) is 17.3 Å². The highest BCUT2D eigenvalue weighted by Crippen LogP contribution is 2.08. The second-order valence-electron chi connectivity index (χ2n) is 3.14. The Balaban J connectivity index is 0.00000196. The maximum absolute atomic E-state index is 11.6. The average Bonchev–Trinajstić information content (AvgIpc) is 2.17. The highest BCUT2D eigenvalue weighted by atomic mass is 35.5. The van der Waals surface area contributed by atoms with E-state index in [0.29, 0.717) is 0 Å². The summed E-state index contributed by atoms with van der Waals surface area (Å²) < 4.78 is 0. The maximum atomic E-state index is 11.6. The summed E-state index contributed by atoms with van der Waals surface area (Å²) >= 11 is 0. The molecule has 1 aromatic heterocycles. The summed E-state index contributed by atoms with van der Waals surface area (Å²) in [5.41, 5.74) is 9.08. The minimum Gasteiger partial charge on any atom is -0.368 e. The zero-order chi connectivity index (χ0) is 10.8. The number of ketones is 1. The molecule has 0 radical (unpaired) electrons. The Morgan fingerprint density at radius 2 is 2.07 bits per heavy atom. The number of aromatic nitrogens is 1. The molecule has 4 N–H and O–H groups in total. The second kappa shape index (κ2) is 4.86. The number of Topliss-reactive ketones (excluding diaryl/α,β-unsaturated/α-hetero) is 1. The molecule has 1 amide bonds. The Kier molecular flexibility index (Phi) is 4.39. The smallest absolute Gasteiger partial charge is 0.245 e. The lowest BCUT2D eigenvalue weighted by Crippen LogP contribution is -2.55. The van der Waals surface area contributed by atoms with Crippen LogP contribution in [0.5, 0.6) is 0 Å². The van der Waals surface area contributed by atoms with Crippen molar-refractivity contribution in [3.05, 3.63) is 30.1 Å². The normalized spacial score (nSPS) is 13.5. The predicted molar refractivity (Wildman–Crippen MR) is 57.6 cm³/mol. The van der Waals surface area contributed by atoms with Crippen LogP contribution in [-0.2, 0) is 4.79 Å². The lowest BCUT2D eigenvalue weighted by Gasteiger charge is -2.18. The van der Waals surface area contributed by atoms with E-state index in [0.717, 1.165) is 0 Å². The van der Waals surface area contributed by atoms with Gasteiger partial charge in [-0.1, -0.05) is 0 Å². The van der Waals surface area contributed by atoms with E-state index in [2.05, 4.69) is 4.98 Å². The topological polar surface area (TPSA) is 99.1 Å². The van der Waals surface area contributed by atoms with Gasteiger partial charge in [0.2, 0.25) is 5.91 Å². The molecule has 1 atom stereocenters. The number of hydrogen-bond acceptors (Lipinski definition) is 4. The monoisotopic (exact) mass is 229 g/mol. The highest BCUT2D eigenvalue weighted by Gasteiger charge is 2.35. The van der Waals surface area contributed by atoms with Crippen LogP contribution in [0.3, 0.4) is 0 Å². The van der Waals surface area contributed by atoms with Gasteiger partial charge in [0.05, 0.1) is 0 Å². The fourth-order valence-corrected chi connectivity index (χ4v) is 0.909. The Morgan fingerprint density at radius 3 is 2.47 bits per heavy atom. The first kappa shape index (κ1) is 13.5. The molecule has 0 saturated carbocycles. The van der Waals surface area contributed by atoms with E-state index in [1.54, 1.807) is 6.07 Å². The van der Waals surface area contributed by atoms with E-state index >= 15 is 0 Å². The number of hydrogen-bond donors (Lipinski definition) is 2. The van der Waals surface area contributed by atoms with Crippen molar-refractivity contribution in [1.82, 2.24) is 4.98 Å². The molecule has 0 aliphatic rings. The van der Waals surface area contributed by atoms with Crippen molar-refractivity contribution in [2.24, 2.45) is 11.5 Å². The number of carbonyl (C=O) groups excluding carboxylic acids is 2. The summed E-state index contributed by atoms with van der Waals surface area (Å²) in [5.74, 6) is -1.38. The zero-order valence-electron chi connectivity index (χ0n) is 8.14. The Hall–Kier alpha value is -1.46. The minimum absolute atomic E-state index is 0. The van der Waals surface area contributed by atoms with Gasteiger partial charge < -0.3 is 11.5 Å². The van der Waals surface area contributed by atoms with Crippen LogP contribution >= 0.6 is 12.4 Å². The van der Waals surface area contributed by atoms with Crippen LogP contribution in [0.15, 0.2) is 24.5 Å². The number of nitrogens with two attached hydrogens (primary N) is 2. The van der Waals surface area contributed by atoms with Gasteiger partial charge in [-0.15, -0.1) is 12.4 Å². The predicted octanol–water partition coefficient (Wildman–Crippen LogP) is -0.111. The Bertz CT molecular complexity index is 365. The van der Waals surface area contributed by atoms with E-state index in [9.17, 15) is 9.59 Å². The molecule has 0 saturated heterocycles. The number of nitrogens with zero attached hydrogens (tertiary/aromatic N) is 1. The molecule has 1 rings (SSSR count). The Labute approximate surface area is 93.3 Å². The fraction of sp³-hybridized carbons (Fsp3) is 0.222. The molecule has 0 bridgehead atoms. The van der Waals surface area contributed by atoms with Crippen molar-refractivity contribution in [2.75, 3.05) is 0 Å². The van der Waals surface area contributed by atoms with Gasteiger partial charge in [0.15, 0.2) is 11.3 Å². The number of halogens is 1. The van der Waals surface area contributed by atoms with E-state index < -0.39 is 17.2 Å². The molecule has 0 aromatic carbocycles. The first-order valence-electron chi connectivity index (χ1n) is 4.00. The molecule has 82 valence electrons. The maximum Gasteiger partial charge on any atom is 0.245 e. The molecule has 0 fully saturated rings. The van der Waals surface area contributed by atoms with Crippen LogP contribution in [0.25, 0.3) is 0 Å². The van der Waals surface area contributed by atoms with Crippen LogP contribution < -0.4 is 11.5 Å². The molecular formula is C9H12ClN3O2. The molecule has 0 spiro atoms. The van der Waals surface area contributed by atoms with Crippen molar-refractivity contribution >= 4 is 24.1 Å². The molecule has 1 heterocycles. The third kappa shape index (κ3) is 2.74. The van der Waals surface area contributed by atoms with E-state index in [4.69, 9.17) is 11.5 Å². The number of primary amides is 1. The van der Waals surface area contributed by atoms with Crippen molar-refractivity contribution < 1.29 is 9.59 Å². The fourth-order valence-electron chi connectivity index (χ4n) is 0.909. The molecular weight excluding hydrogens is 218 g/mol. The molecule has 0 aliphatic heterocycles. The molecule has 0 aliphatic carbocycles. The SMILES string of the molecule is C[C@](N)(C(N)=O)C(=O)c1cccnc1.Cl. The van der Waals surface area contributed by atoms with Crippen LogP contribution in [0.2, 0.25) is 0 Å². The molecule has 0 unspecified atom stereocenters. The van der Waals surface area contributed by atoms with E-state index in [-0.39, 0.29) is 18.0 Å². The lowest BCUT2D eigenvalue weighted by atomic mass is 9.92. The van der Waals surface area contributed by atoms with Gasteiger partial charge in [0, 0.05) is 18.0 Å². The summed E-state index contributed by atoms with van der Waals surface area (Å²) in [4.78, 5) is 26.3. The number of amides is 1. The summed E-state index contributed by atoms with van der Waals surface area (Å²) in [6.45, 7) is 1.28. The van der Waals surface area contributed by atoms with Gasteiger partial charge in [-0.05, 0) is 19.1 Å². The third-order valence-corrected chi connectivity index (χ3v) is 1.91. The highest BCUT2D eigenvalue weighted by molar-refractivity contribution is 6.16. The zero-order valence-corrected chi connectivity index (χ0v) is 8.95. The molecule has 6 heteroatoms. The van der Waals surface area contributed by atoms with Gasteiger partial charge in [-0.25, -0.2) is 0 Å². The van der Waals surface area contributed by atoms with Crippen molar-refractivity contribution in [2.45, 2.75) is 12.5 Å². The first-order valence-corrected chi connectivity index (χ1v) is 4.00. The number of rotatable bonds is 3. The molecule has 1 aromatic rings. The van der Waals surface area contributed by atoms with Crippen LogP contribution in [-0.4, -0.2) is 22.2 Å². The van der Waals surface area contributed by atoms with Gasteiger partial charge in [-0.2, -0.15) is 0 Å². The average molecular weight is 230 g/mol. The minimum atomic E-state index is -1.68. The number of pyridine rings is 1.